The molecule has 0 bridgehead atoms. The zero-order valence-corrected chi connectivity index (χ0v) is 18.1. The molecular formula is C25H27N5O. The van der Waals surface area contributed by atoms with E-state index in [-0.39, 0.29) is 11.9 Å². The number of hydrogen-bond donors (Lipinski definition) is 0. The Kier molecular flexibility index (Phi) is 5.14. The molecule has 2 heterocycles. The summed E-state index contributed by atoms with van der Waals surface area (Å²) in [6.07, 6.45) is 5.68. The molecule has 0 atom stereocenters. The van der Waals surface area contributed by atoms with Crippen molar-refractivity contribution in [3.63, 3.8) is 0 Å². The monoisotopic (exact) mass is 413 g/mol. The Morgan fingerprint density at radius 3 is 2.61 bits per heavy atom. The summed E-state index contributed by atoms with van der Waals surface area (Å²) in [7, 11) is 0. The highest BCUT2D eigenvalue weighted by atomic mass is 16.2. The summed E-state index contributed by atoms with van der Waals surface area (Å²) in [5.41, 5.74) is 5.80. The van der Waals surface area contributed by atoms with Crippen molar-refractivity contribution < 1.29 is 4.79 Å². The maximum Gasteiger partial charge on any atom is 0.254 e. The summed E-state index contributed by atoms with van der Waals surface area (Å²) in [5, 5.41) is 13.7. The first-order valence-electron chi connectivity index (χ1n) is 11.1. The average molecular weight is 414 g/mol. The Morgan fingerprint density at radius 1 is 1.06 bits per heavy atom. The van der Waals surface area contributed by atoms with Gasteiger partial charge < -0.3 is 4.90 Å². The molecule has 0 saturated heterocycles. The van der Waals surface area contributed by atoms with Crippen LogP contribution in [-0.4, -0.2) is 36.9 Å². The number of aromatic nitrogens is 4. The molecule has 0 radical (unpaired) electrons. The Hall–Kier alpha value is -3.28. The third-order valence-electron chi connectivity index (χ3n) is 6.41. The van der Waals surface area contributed by atoms with Gasteiger partial charge in [0.05, 0.1) is 12.1 Å². The van der Waals surface area contributed by atoms with E-state index in [1.165, 1.54) is 24.8 Å². The van der Waals surface area contributed by atoms with Crippen molar-refractivity contribution in [1.29, 1.82) is 0 Å². The molecule has 2 aromatic carbocycles. The largest absolute Gasteiger partial charge is 0.331 e. The Balaban J connectivity index is 1.61. The summed E-state index contributed by atoms with van der Waals surface area (Å²) >= 11 is 0. The number of hydrogen-bond acceptors (Lipinski definition) is 4. The fourth-order valence-electron chi connectivity index (χ4n) is 4.99. The Bertz CT molecular complexity index is 1240. The van der Waals surface area contributed by atoms with Crippen molar-refractivity contribution >= 4 is 22.5 Å². The summed E-state index contributed by atoms with van der Waals surface area (Å²) in [5.74, 6) is 0.0821. The van der Waals surface area contributed by atoms with Crippen LogP contribution in [0.1, 0.15) is 59.2 Å². The van der Waals surface area contributed by atoms with Crippen molar-refractivity contribution in [3.05, 3.63) is 70.8 Å². The van der Waals surface area contributed by atoms with Crippen molar-refractivity contribution in [3.8, 4) is 0 Å². The van der Waals surface area contributed by atoms with Crippen LogP contribution in [0.4, 0.5) is 0 Å². The van der Waals surface area contributed by atoms with E-state index in [9.17, 15) is 4.79 Å². The number of pyridine rings is 1. The molecule has 1 fully saturated rings. The zero-order valence-electron chi connectivity index (χ0n) is 18.1. The highest BCUT2D eigenvalue weighted by Gasteiger charge is 2.27. The van der Waals surface area contributed by atoms with Gasteiger partial charge in [-0.25, -0.2) is 0 Å². The van der Waals surface area contributed by atoms with Crippen LogP contribution < -0.4 is 0 Å². The molecule has 1 saturated carbocycles. The van der Waals surface area contributed by atoms with Crippen LogP contribution >= 0.6 is 0 Å². The van der Waals surface area contributed by atoms with Crippen LogP contribution in [0.3, 0.4) is 0 Å². The molecule has 158 valence electrons. The molecule has 0 N–H and O–H groups in total. The minimum absolute atomic E-state index is 0.0821. The normalized spacial score (nSPS) is 14.9. The van der Waals surface area contributed by atoms with E-state index < -0.39 is 0 Å². The van der Waals surface area contributed by atoms with E-state index in [2.05, 4.69) is 47.6 Å². The molecule has 0 aliphatic heterocycles. The lowest BCUT2D eigenvalue weighted by Gasteiger charge is -2.34. The molecule has 1 aliphatic rings. The van der Waals surface area contributed by atoms with E-state index in [0.29, 0.717) is 6.54 Å². The number of benzene rings is 2. The van der Waals surface area contributed by atoms with E-state index >= 15 is 0 Å². The zero-order chi connectivity index (χ0) is 21.4. The molecule has 6 nitrogen and oxygen atoms in total. The maximum atomic E-state index is 13.6. The lowest BCUT2D eigenvalue weighted by molar-refractivity contribution is 0.0615. The molecule has 4 aromatic rings. The van der Waals surface area contributed by atoms with Gasteiger partial charge in [0.25, 0.3) is 5.91 Å². The van der Waals surface area contributed by atoms with Crippen molar-refractivity contribution in [2.24, 2.45) is 0 Å². The first-order chi connectivity index (χ1) is 15.1. The molecule has 2 aromatic heterocycles. The summed E-state index contributed by atoms with van der Waals surface area (Å²) in [4.78, 5) is 15.6. The van der Waals surface area contributed by atoms with Gasteiger partial charge in [-0.15, -0.1) is 5.10 Å². The van der Waals surface area contributed by atoms with Gasteiger partial charge in [0.15, 0.2) is 5.65 Å². The van der Waals surface area contributed by atoms with Gasteiger partial charge in [-0.05, 0) is 66.9 Å². The molecule has 1 amide bonds. The number of aryl methyl sites for hydroxylation is 2. The number of carbonyl (C=O) groups excluding carboxylic acids is 1. The molecule has 0 spiro atoms. The van der Waals surface area contributed by atoms with E-state index in [0.717, 1.165) is 46.1 Å². The highest BCUT2D eigenvalue weighted by molar-refractivity contribution is 5.94. The molecule has 6 heteroatoms. The van der Waals surface area contributed by atoms with Gasteiger partial charge in [0, 0.05) is 22.6 Å². The van der Waals surface area contributed by atoms with Gasteiger partial charge in [0.1, 0.15) is 0 Å². The van der Waals surface area contributed by atoms with Crippen LogP contribution in [0.15, 0.2) is 48.5 Å². The van der Waals surface area contributed by atoms with E-state index in [1.54, 1.807) is 0 Å². The minimum atomic E-state index is 0.0821. The summed E-state index contributed by atoms with van der Waals surface area (Å²) in [6.45, 7) is 4.69. The van der Waals surface area contributed by atoms with Crippen molar-refractivity contribution in [1.82, 2.24) is 24.9 Å². The number of amides is 1. The second-order valence-electron chi connectivity index (χ2n) is 8.69. The van der Waals surface area contributed by atoms with Crippen molar-refractivity contribution in [2.45, 2.75) is 58.5 Å². The summed E-state index contributed by atoms with van der Waals surface area (Å²) in [6, 6.07) is 16.3. The average Bonchev–Trinajstić information content (AvgIpc) is 3.27. The Labute approximate surface area is 181 Å². The molecule has 5 rings (SSSR count). The number of carbonyl (C=O) groups is 1. The van der Waals surface area contributed by atoms with E-state index in [4.69, 9.17) is 0 Å². The minimum Gasteiger partial charge on any atom is -0.331 e. The second kappa shape index (κ2) is 8.10. The fourth-order valence-corrected chi connectivity index (χ4v) is 4.99. The number of rotatable bonds is 4. The van der Waals surface area contributed by atoms with Gasteiger partial charge >= 0.3 is 0 Å². The third-order valence-corrected chi connectivity index (χ3v) is 6.41. The van der Waals surface area contributed by atoms with Crippen LogP contribution in [-0.2, 0) is 6.54 Å². The van der Waals surface area contributed by atoms with E-state index in [1.807, 2.05) is 39.7 Å². The van der Waals surface area contributed by atoms with Gasteiger partial charge in [-0.2, -0.15) is 4.52 Å². The molecule has 1 aliphatic carbocycles. The van der Waals surface area contributed by atoms with Gasteiger partial charge in [-0.1, -0.05) is 49.1 Å². The summed E-state index contributed by atoms with van der Waals surface area (Å²) < 4.78 is 1.82. The number of fused-ring (bicyclic) bond motifs is 3. The second-order valence-corrected chi connectivity index (χ2v) is 8.69. The van der Waals surface area contributed by atoms with Crippen LogP contribution in [0, 0.1) is 13.8 Å². The topological polar surface area (TPSA) is 63.4 Å². The number of tetrazole rings is 1. The SMILES string of the molecule is Cc1cc(C)c2c(c1)cc(CN(C(=O)c1ccccc1)C1CCCCC1)c1nnnn12. The predicted octanol–water partition coefficient (Wildman–Crippen LogP) is 4.87. The molecule has 0 unspecified atom stereocenters. The quantitative estimate of drug-likeness (QED) is 0.479. The lowest BCUT2D eigenvalue weighted by atomic mass is 9.93. The lowest BCUT2D eigenvalue weighted by Crippen LogP contribution is -2.41. The predicted molar refractivity (Wildman–Crippen MR) is 121 cm³/mol. The molecular weight excluding hydrogens is 386 g/mol. The molecule has 31 heavy (non-hydrogen) atoms. The van der Waals surface area contributed by atoms with Crippen molar-refractivity contribution in [2.75, 3.05) is 0 Å². The maximum absolute atomic E-state index is 13.6. The highest BCUT2D eigenvalue weighted by Crippen LogP contribution is 2.29. The van der Waals surface area contributed by atoms with Crippen LogP contribution in [0.5, 0.6) is 0 Å². The smallest absolute Gasteiger partial charge is 0.254 e. The standard InChI is InChI=1S/C25H27N5O/c1-17-13-18(2)23-20(14-17)15-21(24-26-27-28-30(23)24)16-29(22-11-7-4-8-12-22)25(31)19-9-5-3-6-10-19/h3,5-6,9-10,13-15,22H,4,7-8,11-12,16H2,1-2H3. The van der Waals surface area contributed by atoms with Gasteiger partial charge in [-0.3, -0.25) is 4.79 Å². The van der Waals surface area contributed by atoms with Crippen LogP contribution in [0.2, 0.25) is 0 Å². The van der Waals surface area contributed by atoms with Crippen LogP contribution in [0.25, 0.3) is 16.6 Å². The fraction of sp³-hybridized carbons (Fsp3) is 0.360. The first kappa shape index (κ1) is 19.7. The number of nitrogens with zero attached hydrogens (tertiary/aromatic N) is 5. The van der Waals surface area contributed by atoms with Gasteiger partial charge in [0.2, 0.25) is 0 Å². The Morgan fingerprint density at radius 2 is 1.84 bits per heavy atom. The third kappa shape index (κ3) is 3.67. The first-order valence-corrected chi connectivity index (χ1v) is 11.1.